The van der Waals surface area contributed by atoms with Gasteiger partial charge in [-0.15, -0.1) is 0 Å². The highest BCUT2D eigenvalue weighted by molar-refractivity contribution is 9.10. The van der Waals surface area contributed by atoms with Crippen molar-refractivity contribution in [3.05, 3.63) is 74.0 Å². The van der Waals surface area contributed by atoms with Crippen LogP contribution in [0, 0.1) is 30.9 Å². The molecule has 9 heteroatoms. The van der Waals surface area contributed by atoms with Crippen molar-refractivity contribution in [2.45, 2.75) is 33.7 Å². The first-order valence-corrected chi connectivity index (χ1v) is 10.00. The fourth-order valence-electron chi connectivity index (χ4n) is 2.91. The number of anilines is 1. The Morgan fingerprint density at radius 1 is 1.23 bits per heavy atom. The minimum absolute atomic E-state index is 0.182. The minimum Gasteiger partial charge on any atom is -0.457 e. The number of hydrogen-bond acceptors (Lipinski definition) is 5. The van der Waals surface area contributed by atoms with Crippen LogP contribution in [0.2, 0.25) is 0 Å². The number of nitrogens with zero attached hydrogens (tertiary/aromatic N) is 3. The third kappa shape index (κ3) is 4.68. The smallest absolute Gasteiger partial charge is 0.275 e. The molecule has 8 nitrogen and oxygen atoms in total. The van der Waals surface area contributed by atoms with E-state index in [4.69, 9.17) is 4.74 Å². The van der Waals surface area contributed by atoms with Crippen LogP contribution >= 0.6 is 15.9 Å². The molecule has 1 N–H and O–H groups in total. The summed E-state index contributed by atoms with van der Waals surface area (Å²) in [6.45, 7) is 7.36. The van der Waals surface area contributed by atoms with Crippen molar-refractivity contribution in [2.24, 2.45) is 0 Å². The van der Waals surface area contributed by atoms with Crippen molar-refractivity contribution < 1.29 is 14.5 Å². The van der Waals surface area contributed by atoms with Gasteiger partial charge in [-0.1, -0.05) is 12.1 Å². The molecule has 2 aromatic carbocycles. The van der Waals surface area contributed by atoms with Crippen LogP contribution in [-0.2, 0) is 4.79 Å². The van der Waals surface area contributed by atoms with Crippen molar-refractivity contribution in [1.82, 2.24) is 9.78 Å². The van der Waals surface area contributed by atoms with Gasteiger partial charge in [-0.2, -0.15) is 5.10 Å². The summed E-state index contributed by atoms with van der Waals surface area (Å²) in [5.41, 5.74) is 2.79. The first kappa shape index (κ1) is 21.5. The zero-order chi connectivity index (χ0) is 22.0. The number of benzene rings is 2. The molecule has 0 radical (unpaired) electrons. The highest BCUT2D eigenvalue weighted by Crippen LogP contribution is 2.32. The number of nitro benzene ring substituents is 1. The number of aromatic nitrogens is 2. The molecule has 1 heterocycles. The molecule has 0 aliphatic carbocycles. The lowest BCUT2D eigenvalue weighted by Crippen LogP contribution is -2.25. The quantitative estimate of drug-likeness (QED) is 0.378. The maximum Gasteiger partial charge on any atom is 0.275 e. The lowest BCUT2D eigenvalue weighted by molar-refractivity contribution is -0.384. The van der Waals surface area contributed by atoms with Gasteiger partial charge in [0.15, 0.2) is 0 Å². The average Bonchev–Trinajstić information content (AvgIpc) is 3.02. The number of non-ortho nitro benzene ring substituents is 1. The Morgan fingerprint density at radius 3 is 2.60 bits per heavy atom. The van der Waals surface area contributed by atoms with Crippen molar-refractivity contribution >= 4 is 33.2 Å². The van der Waals surface area contributed by atoms with Crippen LogP contribution in [0.1, 0.15) is 29.8 Å². The van der Waals surface area contributed by atoms with Crippen molar-refractivity contribution in [3.63, 3.8) is 0 Å². The first-order valence-electron chi connectivity index (χ1n) is 9.20. The monoisotopic (exact) mass is 472 g/mol. The van der Waals surface area contributed by atoms with Crippen LogP contribution in [0.15, 0.2) is 47.1 Å². The minimum atomic E-state index is -0.612. The molecule has 1 atom stereocenters. The van der Waals surface area contributed by atoms with E-state index in [1.807, 2.05) is 39.0 Å². The first-order chi connectivity index (χ1) is 14.2. The second kappa shape index (κ2) is 8.66. The van der Waals surface area contributed by atoms with Crippen molar-refractivity contribution in [3.8, 4) is 11.5 Å². The van der Waals surface area contributed by atoms with Gasteiger partial charge in [-0.25, -0.2) is 0 Å². The summed E-state index contributed by atoms with van der Waals surface area (Å²) in [5.74, 6) is 0.504. The molecule has 0 bridgehead atoms. The second-order valence-corrected chi connectivity index (χ2v) is 7.89. The van der Waals surface area contributed by atoms with Crippen LogP contribution < -0.4 is 10.1 Å². The molecule has 0 aliphatic heterocycles. The molecule has 0 saturated carbocycles. The fourth-order valence-corrected chi connectivity index (χ4v) is 3.19. The Bertz CT molecular complexity index is 1130. The second-order valence-electron chi connectivity index (χ2n) is 7.03. The molecule has 30 heavy (non-hydrogen) atoms. The number of ether oxygens (including phenoxy) is 1. The molecule has 1 amide bonds. The zero-order valence-corrected chi connectivity index (χ0v) is 18.6. The molecule has 0 spiro atoms. The predicted octanol–water partition coefficient (Wildman–Crippen LogP) is 5.47. The third-order valence-electron chi connectivity index (χ3n) is 4.67. The Labute approximate surface area is 182 Å². The molecule has 0 saturated heterocycles. The summed E-state index contributed by atoms with van der Waals surface area (Å²) in [4.78, 5) is 23.6. The van der Waals surface area contributed by atoms with Crippen LogP contribution in [0.4, 0.5) is 11.4 Å². The average molecular weight is 473 g/mol. The largest absolute Gasteiger partial charge is 0.457 e. The van der Waals surface area contributed by atoms with Crippen LogP contribution in [0.5, 0.6) is 11.5 Å². The topological polar surface area (TPSA) is 99.3 Å². The summed E-state index contributed by atoms with van der Waals surface area (Å²) < 4.78 is 8.26. The standard InChI is InChI=1S/C21H21BrN4O4/c1-12-5-6-13(2)20(7-12)30-18-9-16(8-17(10-18)26(28)29)24-21(27)15(4)25-14(3)19(22)11-23-25/h5-11,15H,1-4H3,(H,24,27). The van der Waals surface area contributed by atoms with Crippen molar-refractivity contribution in [1.29, 1.82) is 0 Å². The summed E-state index contributed by atoms with van der Waals surface area (Å²) in [7, 11) is 0. The number of halogens is 1. The van der Waals surface area contributed by atoms with Crippen LogP contribution in [0.3, 0.4) is 0 Å². The van der Waals surface area contributed by atoms with E-state index < -0.39 is 11.0 Å². The van der Waals surface area contributed by atoms with Crippen LogP contribution in [0.25, 0.3) is 0 Å². The third-order valence-corrected chi connectivity index (χ3v) is 5.45. The molecular formula is C21H21BrN4O4. The summed E-state index contributed by atoms with van der Waals surface area (Å²) >= 11 is 3.37. The number of carbonyl (C=O) groups excluding carboxylic acids is 1. The zero-order valence-electron chi connectivity index (χ0n) is 17.0. The number of rotatable bonds is 6. The van der Waals surface area contributed by atoms with E-state index in [0.717, 1.165) is 21.3 Å². The lowest BCUT2D eigenvalue weighted by atomic mass is 10.1. The predicted molar refractivity (Wildman–Crippen MR) is 117 cm³/mol. The molecular weight excluding hydrogens is 452 g/mol. The molecule has 156 valence electrons. The summed E-state index contributed by atoms with van der Waals surface area (Å²) in [6, 6.07) is 9.30. The fraction of sp³-hybridized carbons (Fsp3) is 0.238. The number of carbonyl (C=O) groups is 1. The number of aryl methyl sites for hydroxylation is 2. The van der Waals surface area contributed by atoms with E-state index in [9.17, 15) is 14.9 Å². The van der Waals surface area contributed by atoms with Gasteiger partial charge in [0.2, 0.25) is 5.91 Å². The normalized spacial score (nSPS) is 11.8. The van der Waals surface area contributed by atoms with Gasteiger partial charge in [0.25, 0.3) is 5.69 Å². The number of nitrogens with one attached hydrogen (secondary N) is 1. The van der Waals surface area contributed by atoms with E-state index in [0.29, 0.717) is 5.75 Å². The SMILES string of the molecule is Cc1ccc(C)c(Oc2cc(NC(=O)C(C)n3ncc(Br)c3C)cc([N+](=O)[O-])c2)c1. The molecule has 3 aromatic rings. The van der Waals surface area contributed by atoms with Gasteiger partial charge in [0.1, 0.15) is 17.5 Å². The molecule has 1 aromatic heterocycles. The Morgan fingerprint density at radius 2 is 1.97 bits per heavy atom. The van der Waals surface area contributed by atoms with Crippen molar-refractivity contribution in [2.75, 3.05) is 5.32 Å². The van der Waals surface area contributed by atoms with Gasteiger partial charge >= 0.3 is 0 Å². The Hall–Kier alpha value is -3.20. The van der Waals surface area contributed by atoms with E-state index in [2.05, 4.69) is 26.3 Å². The highest BCUT2D eigenvalue weighted by atomic mass is 79.9. The Balaban J connectivity index is 1.89. The Kier molecular flexibility index (Phi) is 6.21. The molecule has 0 fully saturated rings. The maximum atomic E-state index is 12.7. The van der Waals surface area contributed by atoms with E-state index in [-0.39, 0.29) is 23.0 Å². The van der Waals surface area contributed by atoms with Gasteiger partial charge in [0.05, 0.1) is 33.0 Å². The number of nitro groups is 1. The van der Waals surface area contributed by atoms with E-state index in [1.165, 1.54) is 12.1 Å². The van der Waals surface area contributed by atoms with E-state index >= 15 is 0 Å². The van der Waals surface area contributed by atoms with Gasteiger partial charge < -0.3 is 10.1 Å². The summed E-state index contributed by atoms with van der Waals surface area (Å²) in [5, 5.41) is 18.3. The summed E-state index contributed by atoms with van der Waals surface area (Å²) in [6.07, 6.45) is 1.61. The van der Waals surface area contributed by atoms with Gasteiger partial charge in [-0.05, 0) is 60.8 Å². The maximum absolute atomic E-state index is 12.7. The van der Waals surface area contributed by atoms with Crippen LogP contribution in [-0.4, -0.2) is 20.6 Å². The molecule has 3 rings (SSSR count). The van der Waals surface area contributed by atoms with Gasteiger partial charge in [-0.3, -0.25) is 19.6 Å². The number of hydrogen-bond donors (Lipinski definition) is 1. The number of amides is 1. The highest BCUT2D eigenvalue weighted by Gasteiger charge is 2.20. The molecule has 0 aliphatic rings. The van der Waals surface area contributed by atoms with Gasteiger partial charge in [0, 0.05) is 12.1 Å². The molecule has 1 unspecified atom stereocenters. The lowest BCUT2D eigenvalue weighted by Gasteiger charge is -2.15. The van der Waals surface area contributed by atoms with E-state index in [1.54, 1.807) is 23.9 Å².